The van der Waals surface area contributed by atoms with Crippen molar-refractivity contribution in [1.82, 2.24) is 20.5 Å². The number of anilines is 2. The van der Waals surface area contributed by atoms with Gasteiger partial charge in [-0.3, -0.25) is 0 Å². The zero-order valence-corrected chi connectivity index (χ0v) is 17.2. The maximum atomic E-state index is 13.6. The van der Waals surface area contributed by atoms with Crippen molar-refractivity contribution in [3.8, 4) is 0 Å². The van der Waals surface area contributed by atoms with E-state index in [1.165, 1.54) is 29.5 Å². The van der Waals surface area contributed by atoms with E-state index in [0.29, 0.717) is 22.5 Å². The van der Waals surface area contributed by atoms with Crippen LogP contribution in [0.5, 0.6) is 0 Å². The topological polar surface area (TPSA) is 65.4 Å². The molecule has 0 fully saturated rings. The van der Waals surface area contributed by atoms with Gasteiger partial charge in [-0.15, -0.1) is 0 Å². The highest BCUT2D eigenvalue weighted by Crippen LogP contribution is 2.40. The van der Waals surface area contributed by atoms with Gasteiger partial charge >= 0.3 is 6.18 Å². The molecule has 2 aliphatic heterocycles. The Morgan fingerprint density at radius 2 is 1.76 bits per heavy atom. The smallest absolute Gasteiger partial charge is 0.324 e. The second-order valence-electron chi connectivity index (χ2n) is 7.44. The molecular weight excluding hydrogens is 455 g/mol. The lowest BCUT2D eigenvalue weighted by atomic mass is 9.95. The molecule has 6 nitrogen and oxygen atoms in total. The van der Waals surface area contributed by atoms with E-state index in [2.05, 4.69) is 25.8 Å². The van der Waals surface area contributed by atoms with Gasteiger partial charge in [0.15, 0.2) is 11.6 Å². The highest BCUT2D eigenvalue weighted by molar-refractivity contribution is 5.81. The number of hydrazone groups is 1. The summed E-state index contributed by atoms with van der Waals surface area (Å²) in [5.41, 5.74) is 5.01. The van der Waals surface area contributed by atoms with Gasteiger partial charge in [0.25, 0.3) is 0 Å². The van der Waals surface area contributed by atoms with E-state index in [1.807, 2.05) is 0 Å². The predicted octanol–water partition coefficient (Wildman–Crippen LogP) is 5.35. The van der Waals surface area contributed by atoms with Crippen LogP contribution in [-0.4, -0.2) is 21.3 Å². The molecule has 11 heteroatoms. The molecule has 0 radical (unpaired) electrons. The minimum atomic E-state index is -4.44. The molecule has 2 aliphatic rings. The molecule has 5 rings (SSSR count). The zero-order valence-electron chi connectivity index (χ0n) is 17.2. The van der Waals surface area contributed by atoms with Crippen molar-refractivity contribution in [2.75, 3.05) is 5.32 Å². The molecule has 172 valence electrons. The molecule has 34 heavy (non-hydrogen) atoms. The summed E-state index contributed by atoms with van der Waals surface area (Å²) in [6.07, 6.45) is 2.13. The first-order valence-corrected chi connectivity index (χ1v) is 10.0. The van der Waals surface area contributed by atoms with Gasteiger partial charge in [-0.1, -0.05) is 12.1 Å². The second-order valence-corrected chi connectivity index (χ2v) is 7.44. The summed E-state index contributed by atoms with van der Waals surface area (Å²) in [5, 5.41) is 8.59. The normalized spacial score (nSPS) is 17.3. The summed E-state index contributed by atoms with van der Waals surface area (Å²) in [6.45, 7) is 0. The van der Waals surface area contributed by atoms with Crippen molar-refractivity contribution in [3.05, 3.63) is 101 Å². The third kappa shape index (κ3) is 4.13. The van der Waals surface area contributed by atoms with E-state index in [0.717, 1.165) is 24.3 Å². The molecule has 3 aromatic rings. The largest absolute Gasteiger partial charge is 0.416 e. The van der Waals surface area contributed by atoms with Gasteiger partial charge in [0.2, 0.25) is 5.95 Å². The molecule has 1 aromatic heterocycles. The average Bonchev–Trinajstić information content (AvgIpc) is 3.21. The summed E-state index contributed by atoms with van der Waals surface area (Å²) in [7, 11) is 0. The average molecular weight is 470 g/mol. The first-order valence-electron chi connectivity index (χ1n) is 10.0. The van der Waals surface area contributed by atoms with Crippen LogP contribution >= 0.6 is 0 Å². The van der Waals surface area contributed by atoms with Crippen molar-refractivity contribution in [2.45, 2.75) is 12.2 Å². The Kier molecular flexibility index (Phi) is 5.33. The van der Waals surface area contributed by atoms with Crippen LogP contribution in [0, 0.1) is 11.6 Å². The minimum Gasteiger partial charge on any atom is -0.324 e. The van der Waals surface area contributed by atoms with Gasteiger partial charge < -0.3 is 5.32 Å². The standard InChI is InChI=1S/C23H15F5N6/c24-16-8-7-15(12-17(16)25)31-22-29-11-9-18(32-22)20-19-2-1-10-30-34(19)33-21(20)13-3-5-14(6-4-13)23(26,27)28/h1-12,21,33H,(H,29,31,32). The fourth-order valence-corrected chi connectivity index (χ4v) is 3.67. The number of fused-ring (bicyclic) bond motifs is 1. The first kappa shape index (κ1) is 21.7. The predicted molar refractivity (Wildman–Crippen MR) is 115 cm³/mol. The van der Waals surface area contributed by atoms with E-state index in [1.54, 1.807) is 24.4 Å². The van der Waals surface area contributed by atoms with Gasteiger partial charge in [-0.05, 0) is 48.0 Å². The molecule has 2 N–H and O–H groups in total. The number of alkyl halides is 3. The Morgan fingerprint density at radius 3 is 2.50 bits per heavy atom. The van der Waals surface area contributed by atoms with E-state index < -0.39 is 29.4 Å². The number of benzene rings is 2. The van der Waals surface area contributed by atoms with Crippen LogP contribution in [0.1, 0.15) is 22.9 Å². The molecule has 2 aromatic carbocycles. The number of nitrogens with zero attached hydrogens (tertiary/aromatic N) is 4. The maximum absolute atomic E-state index is 13.6. The summed E-state index contributed by atoms with van der Waals surface area (Å²) in [4.78, 5) is 8.63. The van der Waals surface area contributed by atoms with Crippen LogP contribution in [0.2, 0.25) is 0 Å². The van der Waals surface area contributed by atoms with Crippen molar-refractivity contribution < 1.29 is 22.0 Å². The van der Waals surface area contributed by atoms with Crippen LogP contribution in [-0.2, 0) is 6.18 Å². The second kappa shape index (κ2) is 8.34. The van der Waals surface area contributed by atoms with Gasteiger partial charge in [0, 0.05) is 29.7 Å². The van der Waals surface area contributed by atoms with E-state index >= 15 is 0 Å². The fraction of sp³-hybridized carbons (Fsp3) is 0.0870. The summed E-state index contributed by atoms with van der Waals surface area (Å²) in [5.74, 6) is -1.87. The molecule has 0 aliphatic carbocycles. The van der Waals surface area contributed by atoms with Crippen LogP contribution in [0.25, 0.3) is 5.57 Å². The summed E-state index contributed by atoms with van der Waals surface area (Å²) in [6, 6.07) is 9.24. The molecule has 0 saturated heterocycles. The van der Waals surface area contributed by atoms with Gasteiger partial charge in [0.1, 0.15) is 0 Å². The fourth-order valence-electron chi connectivity index (χ4n) is 3.67. The Morgan fingerprint density at radius 1 is 0.971 bits per heavy atom. The third-order valence-electron chi connectivity index (χ3n) is 5.25. The molecule has 1 unspecified atom stereocenters. The Bertz CT molecular complexity index is 1330. The van der Waals surface area contributed by atoms with E-state index in [4.69, 9.17) is 0 Å². The number of hydrazine groups is 1. The lowest BCUT2D eigenvalue weighted by Crippen LogP contribution is -2.29. The van der Waals surface area contributed by atoms with Gasteiger partial charge in [-0.2, -0.15) is 23.4 Å². The Labute approximate surface area is 190 Å². The summed E-state index contributed by atoms with van der Waals surface area (Å²) < 4.78 is 65.9. The molecule has 0 spiro atoms. The highest BCUT2D eigenvalue weighted by Gasteiger charge is 2.35. The molecule has 1 atom stereocenters. The highest BCUT2D eigenvalue weighted by atomic mass is 19.4. The number of nitrogens with one attached hydrogen (secondary N) is 2. The first-order chi connectivity index (χ1) is 16.3. The number of hydrogen-bond donors (Lipinski definition) is 2. The van der Waals surface area contributed by atoms with Crippen molar-refractivity contribution in [1.29, 1.82) is 0 Å². The number of hydrogen-bond acceptors (Lipinski definition) is 6. The zero-order chi connectivity index (χ0) is 23.9. The maximum Gasteiger partial charge on any atom is 0.416 e. The van der Waals surface area contributed by atoms with E-state index in [9.17, 15) is 22.0 Å². The number of halogens is 5. The Hall–Kier alpha value is -4.12. The molecule has 0 saturated carbocycles. The molecule has 3 heterocycles. The van der Waals surface area contributed by atoms with Crippen LogP contribution in [0.15, 0.2) is 77.7 Å². The third-order valence-corrected chi connectivity index (χ3v) is 5.25. The number of allylic oxidation sites excluding steroid dienone is 2. The minimum absolute atomic E-state index is 0.129. The lowest BCUT2D eigenvalue weighted by molar-refractivity contribution is -0.137. The SMILES string of the molecule is Fc1ccc(Nc2nccc(C3=C4C=CC=NN4NC3c3ccc(C(F)(F)F)cc3)n2)cc1F. The van der Waals surface area contributed by atoms with Gasteiger partial charge in [-0.25, -0.2) is 24.2 Å². The quantitative estimate of drug-likeness (QED) is 0.504. The molecule has 0 amide bonds. The van der Waals surface area contributed by atoms with Crippen molar-refractivity contribution >= 4 is 23.4 Å². The monoisotopic (exact) mass is 470 g/mol. The molecular formula is C23H15F5N6. The van der Waals surface area contributed by atoms with Crippen LogP contribution in [0.4, 0.5) is 33.6 Å². The number of aromatic nitrogens is 2. The summed E-state index contributed by atoms with van der Waals surface area (Å²) >= 11 is 0. The van der Waals surface area contributed by atoms with Gasteiger partial charge in [0.05, 0.1) is 23.0 Å². The van der Waals surface area contributed by atoms with Crippen LogP contribution < -0.4 is 10.7 Å². The van der Waals surface area contributed by atoms with Crippen LogP contribution in [0.3, 0.4) is 0 Å². The van der Waals surface area contributed by atoms with Crippen molar-refractivity contribution in [2.24, 2.45) is 5.10 Å². The lowest BCUT2D eigenvalue weighted by Gasteiger charge is -2.19. The van der Waals surface area contributed by atoms with Crippen molar-refractivity contribution in [3.63, 3.8) is 0 Å². The van der Waals surface area contributed by atoms with E-state index in [-0.39, 0.29) is 11.6 Å². The number of rotatable bonds is 4. The molecule has 0 bridgehead atoms. The Balaban J connectivity index is 1.52.